The van der Waals surface area contributed by atoms with Crippen molar-refractivity contribution in [2.45, 2.75) is 20.3 Å². The standard InChI is InChI=1S/C10H15NS/c1-4-6-8-10(7-5-2)11-9(3)12/h4,6-8H,1,5H2,2-3H3,(H,11,12)/b8-6-,10-7+. The highest BCUT2D eigenvalue weighted by molar-refractivity contribution is 7.80. The molecular formula is C10H15NS. The van der Waals surface area contributed by atoms with Crippen molar-refractivity contribution in [3.05, 3.63) is 36.6 Å². The van der Waals surface area contributed by atoms with E-state index in [-0.39, 0.29) is 0 Å². The Morgan fingerprint density at radius 1 is 1.58 bits per heavy atom. The molecule has 0 radical (unpaired) electrons. The highest BCUT2D eigenvalue weighted by atomic mass is 32.1. The molecule has 0 saturated carbocycles. The quantitative estimate of drug-likeness (QED) is 0.528. The highest BCUT2D eigenvalue weighted by Crippen LogP contribution is 1.95. The molecule has 0 aliphatic heterocycles. The van der Waals surface area contributed by atoms with Crippen molar-refractivity contribution < 1.29 is 0 Å². The molecule has 0 heterocycles. The van der Waals surface area contributed by atoms with E-state index >= 15 is 0 Å². The summed E-state index contributed by atoms with van der Waals surface area (Å²) in [5.41, 5.74) is 1.03. The van der Waals surface area contributed by atoms with Crippen LogP contribution in [0.3, 0.4) is 0 Å². The fourth-order valence-corrected chi connectivity index (χ4v) is 0.873. The van der Waals surface area contributed by atoms with Gasteiger partial charge in [0.1, 0.15) is 0 Å². The number of rotatable bonds is 4. The summed E-state index contributed by atoms with van der Waals surface area (Å²) in [4.78, 5) is 0.781. The number of hydrogen-bond acceptors (Lipinski definition) is 1. The molecule has 0 saturated heterocycles. The summed E-state index contributed by atoms with van der Waals surface area (Å²) >= 11 is 4.92. The topological polar surface area (TPSA) is 12.0 Å². The monoisotopic (exact) mass is 181 g/mol. The van der Waals surface area contributed by atoms with Crippen LogP contribution in [0.4, 0.5) is 0 Å². The summed E-state index contributed by atoms with van der Waals surface area (Å²) in [5.74, 6) is 0. The Kier molecular flexibility index (Phi) is 6.29. The average Bonchev–Trinajstić information content (AvgIpc) is 2.00. The van der Waals surface area contributed by atoms with Gasteiger partial charge in [0, 0.05) is 5.70 Å². The van der Waals surface area contributed by atoms with E-state index in [9.17, 15) is 0 Å². The van der Waals surface area contributed by atoms with E-state index in [0.29, 0.717) is 0 Å². The third kappa shape index (κ3) is 5.86. The molecule has 0 amide bonds. The van der Waals surface area contributed by atoms with Crippen LogP contribution in [0.5, 0.6) is 0 Å². The van der Waals surface area contributed by atoms with E-state index in [1.165, 1.54) is 0 Å². The van der Waals surface area contributed by atoms with Gasteiger partial charge in [0.2, 0.25) is 0 Å². The van der Waals surface area contributed by atoms with Gasteiger partial charge in [0.05, 0.1) is 4.99 Å². The molecule has 0 atom stereocenters. The van der Waals surface area contributed by atoms with Crippen LogP contribution >= 0.6 is 12.2 Å². The molecular weight excluding hydrogens is 166 g/mol. The lowest BCUT2D eigenvalue weighted by Gasteiger charge is -2.03. The lowest BCUT2D eigenvalue weighted by atomic mass is 10.3. The second-order valence-corrected chi connectivity index (χ2v) is 2.96. The first-order valence-corrected chi connectivity index (χ1v) is 4.38. The van der Waals surface area contributed by atoms with E-state index in [4.69, 9.17) is 12.2 Å². The third-order valence-electron chi connectivity index (χ3n) is 1.16. The summed E-state index contributed by atoms with van der Waals surface area (Å²) in [6, 6.07) is 0. The summed E-state index contributed by atoms with van der Waals surface area (Å²) in [6.07, 6.45) is 8.64. The molecule has 1 nitrogen and oxygen atoms in total. The van der Waals surface area contributed by atoms with Gasteiger partial charge < -0.3 is 5.32 Å². The van der Waals surface area contributed by atoms with Crippen LogP contribution in [0.25, 0.3) is 0 Å². The first kappa shape index (κ1) is 11.1. The molecule has 66 valence electrons. The van der Waals surface area contributed by atoms with Crippen LogP contribution < -0.4 is 5.32 Å². The normalized spacial score (nSPS) is 11.7. The molecule has 0 fully saturated rings. The van der Waals surface area contributed by atoms with Crippen molar-refractivity contribution in [2.24, 2.45) is 0 Å². The second-order valence-electron chi connectivity index (χ2n) is 2.34. The molecule has 0 aromatic heterocycles. The minimum absolute atomic E-state index is 0.781. The van der Waals surface area contributed by atoms with Crippen molar-refractivity contribution in [3.8, 4) is 0 Å². The van der Waals surface area contributed by atoms with Crippen molar-refractivity contribution in [2.75, 3.05) is 0 Å². The predicted molar refractivity (Wildman–Crippen MR) is 59.1 cm³/mol. The molecule has 0 aromatic rings. The Bertz CT molecular complexity index is 214. The third-order valence-corrected chi connectivity index (χ3v) is 1.26. The van der Waals surface area contributed by atoms with E-state index in [1.807, 2.05) is 19.1 Å². The van der Waals surface area contributed by atoms with Gasteiger partial charge in [-0.25, -0.2) is 0 Å². The molecule has 2 heteroatoms. The maximum Gasteiger partial charge on any atom is 0.0765 e. The van der Waals surface area contributed by atoms with Gasteiger partial charge in [-0.3, -0.25) is 0 Å². The van der Waals surface area contributed by atoms with Crippen molar-refractivity contribution >= 4 is 17.2 Å². The minimum atomic E-state index is 0.781. The largest absolute Gasteiger partial charge is 0.351 e. The van der Waals surface area contributed by atoms with Gasteiger partial charge in [-0.2, -0.15) is 0 Å². The lowest BCUT2D eigenvalue weighted by Crippen LogP contribution is -2.15. The smallest absolute Gasteiger partial charge is 0.0765 e. The van der Waals surface area contributed by atoms with Crippen LogP contribution in [0.1, 0.15) is 20.3 Å². The Balaban J connectivity index is 4.23. The number of nitrogens with one attached hydrogen (secondary N) is 1. The van der Waals surface area contributed by atoms with Gasteiger partial charge in [0.15, 0.2) is 0 Å². The van der Waals surface area contributed by atoms with Crippen molar-refractivity contribution in [1.82, 2.24) is 5.32 Å². The molecule has 0 aliphatic carbocycles. The number of thiocarbonyl (C=S) groups is 1. The van der Waals surface area contributed by atoms with Crippen LogP contribution in [0, 0.1) is 0 Å². The molecule has 0 rings (SSSR count). The van der Waals surface area contributed by atoms with E-state index < -0.39 is 0 Å². The maximum absolute atomic E-state index is 4.92. The predicted octanol–water partition coefficient (Wildman–Crippen LogP) is 2.96. The zero-order valence-electron chi connectivity index (χ0n) is 7.63. The zero-order valence-corrected chi connectivity index (χ0v) is 8.45. The van der Waals surface area contributed by atoms with E-state index in [2.05, 4.69) is 24.9 Å². The summed E-state index contributed by atoms with van der Waals surface area (Å²) in [7, 11) is 0. The lowest BCUT2D eigenvalue weighted by molar-refractivity contribution is 1.12. The highest BCUT2D eigenvalue weighted by Gasteiger charge is 1.89. The minimum Gasteiger partial charge on any atom is -0.351 e. The first-order chi connectivity index (χ1) is 5.70. The van der Waals surface area contributed by atoms with Crippen LogP contribution in [0.15, 0.2) is 36.6 Å². The van der Waals surface area contributed by atoms with Gasteiger partial charge >= 0.3 is 0 Å². The fourth-order valence-electron chi connectivity index (χ4n) is 0.756. The molecule has 12 heavy (non-hydrogen) atoms. The Morgan fingerprint density at radius 3 is 2.67 bits per heavy atom. The maximum atomic E-state index is 4.92. The van der Waals surface area contributed by atoms with Gasteiger partial charge in [-0.1, -0.05) is 43.9 Å². The van der Waals surface area contributed by atoms with Crippen molar-refractivity contribution in [3.63, 3.8) is 0 Å². The van der Waals surface area contributed by atoms with Gasteiger partial charge in [0.25, 0.3) is 0 Å². The van der Waals surface area contributed by atoms with E-state index in [0.717, 1.165) is 17.1 Å². The second kappa shape index (κ2) is 6.80. The number of allylic oxidation sites excluding steroid dienone is 4. The molecule has 1 N–H and O–H groups in total. The summed E-state index contributed by atoms with van der Waals surface area (Å²) in [5, 5.41) is 3.07. The average molecular weight is 181 g/mol. The van der Waals surface area contributed by atoms with Gasteiger partial charge in [-0.15, -0.1) is 0 Å². The van der Waals surface area contributed by atoms with Crippen LogP contribution in [-0.4, -0.2) is 4.99 Å². The summed E-state index contributed by atoms with van der Waals surface area (Å²) < 4.78 is 0. The first-order valence-electron chi connectivity index (χ1n) is 3.97. The Labute approximate surface area is 79.9 Å². The Morgan fingerprint density at radius 2 is 2.25 bits per heavy atom. The molecule has 0 unspecified atom stereocenters. The number of hydrogen-bond donors (Lipinski definition) is 1. The van der Waals surface area contributed by atoms with Gasteiger partial charge in [-0.05, 0) is 19.4 Å². The van der Waals surface area contributed by atoms with E-state index in [1.54, 1.807) is 6.08 Å². The Hall–Kier alpha value is -0.890. The fraction of sp³-hybridized carbons (Fsp3) is 0.300. The van der Waals surface area contributed by atoms with Crippen LogP contribution in [0.2, 0.25) is 0 Å². The molecule has 0 bridgehead atoms. The summed E-state index contributed by atoms with van der Waals surface area (Å²) in [6.45, 7) is 7.54. The van der Waals surface area contributed by atoms with Crippen molar-refractivity contribution in [1.29, 1.82) is 0 Å². The molecule has 0 aliphatic rings. The SMILES string of the molecule is C=C/C=C\C(=C/CC)NC(C)=S. The molecule has 0 aromatic carbocycles. The zero-order chi connectivity index (χ0) is 9.40. The molecule has 0 spiro atoms. The van der Waals surface area contributed by atoms with Crippen LogP contribution in [-0.2, 0) is 0 Å².